The van der Waals surface area contributed by atoms with Crippen LogP contribution in [0.15, 0.2) is 24.3 Å². The monoisotopic (exact) mass is 776 g/mol. The van der Waals surface area contributed by atoms with Crippen molar-refractivity contribution in [2.45, 2.75) is 58.0 Å². The quantitative estimate of drug-likeness (QED) is 0.0397. The highest BCUT2D eigenvalue weighted by Gasteiger charge is 2.27. The highest BCUT2D eigenvalue weighted by molar-refractivity contribution is 6.13. The molecule has 6 N–H and O–H groups in total. The molecular weight excluding hydrogens is 732 g/mol. The maximum Gasteiger partial charge on any atom is 0.253 e. The van der Waals surface area contributed by atoms with Gasteiger partial charge in [-0.2, -0.15) is 0 Å². The maximum absolute atomic E-state index is 12.6. The molecule has 0 aliphatic carbocycles. The Labute approximate surface area is 314 Å². The van der Waals surface area contributed by atoms with Crippen LogP contribution in [0.1, 0.15) is 46.0 Å². The molecule has 2 atom stereocenters. The fraction of sp³-hybridized carbons (Fsp3) is 0.515. The predicted molar refractivity (Wildman–Crippen MR) is 184 cm³/mol. The van der Waals surface area contributed by atoms with E-state index in [2.05, 4.69) is 21.3 Å². The number of amides is 12. The Morgan fingerprint density at radius 1 is 0.545 bits per heavy atom. The van der Waals surface area contributed by atoms with Gasteiger partial charge in [-0.1, -0.05) is 0 Å². The minimum Gasteiger partial charge on any atom is -0.378 e. The van der Waals surface area contributed by atoms with E-state index in [0.717, 1.165) is 48.0 Å². The van der Waals surface area contributed by atoms with Gasteiger partial charge < -0.3 is 30.7 Å². The molecule has 0 saturated carbocycles. The number of ether oxygens (including phenoxy) is 2. The smallest absolute Gasteiger partial charge is 0.253 e. The van der Waals surface area contributed by atoms with E-state index in [0.29, 0.717) is 0 Å². The standard InChI is InChI=1S/C33H44N8O14/c1-20(42)36-32(52)22(18-26(46)34-10-14-54-16-12-40-28(48)6-7-29(40)49)38-24(44)4-3-5-25(45)39-23(33(53)37-21(2)43)19-27(47)35-11-15-55-17-13-41-30(50)8-9-31(41)51/h6-9,22-23H,3-5,10-19H2,1-2H3,(H,34,46)(H,35,47)(H,38,44)(H,39,45)(H,36,42,52)(H,37,43,53). The summed E-state index contributed by atoms with van der Waals surface area (Å²) in [7, 11) is 0. The summed E-state index contributed by atoms with van der Waals surface area (Å²) < 4.78 is 10.6. The number of carbonyl (C=O) groups is 12. The second-order valence-electron chi connectivity index (χ2n) is 11.8. The number of rotatable bonds is 24. The van der Waals surface area contributed by atoms with Crippen LogP contribution in [0.4, 0.5) is 0 Å². The summed E-state index contributed by atoms with van der Waals surface area (Å²) in [5.74, 6) is -8.14. The third kappa shape index (κ3) is 17.5. The van der Waals surface area contributed by atoms with Crippen LogP contribution >= 0.6 is 0 Å². The zero-order valence-corrected chi connectivity index (χ0v) is 30.3. The van der Waals surface area contributed by atoms with Crippen molar-refractivity contribution in [1.82, 2.24) is 41.7 Å². The van der Waals surface area contributed by atoms with Gasteiger partial charge in [-0.15, -0.1) is 0 Å². The van der Waals surface area contributed by atoms with E-state index in [1.54, 1.807) is 0 Å². The predicted octanol–water partition coefficient (Wildman–Crippen LogP) is -4.65. The highest BCUT2D eigenvalue weighted by Crippen LogP contribution is 2.05. The molecule has 0 fully saturated rings. The molecule has 0 radical (unpaired) electrons. The number of imide groups is 4. The minimum atomic E-state index is -1.47. The van der Waals surface area contributed by atoms with Crippen molar-refractivity contribution in [2.75, 3.05) is 52.6 Å². The van der Waals surface area contributed by atoms with Gasteiger partial charge >= 0.3 is 0 Å². The number of hydrogen-bond acceptors (Lipinski definition) is 14. The van der Waals surface area contributed by atoms with Crippen LogP contribution in [-0.2, 0) is 67.0 Å². The number of hydrogen-bond donors (Lipinski definition) is 6. The summed E-state index contributed by atoms with van der Waals surface area (Å²) in [6.45, 7) is 2.13. The molecule has 2 aliphatic heterocycles. The molecule has 0 aromatic carbocycles. The van der Waals surface area contributed by atoms with Gasteiger partial charge in [0, 0.05) is 64.1 Å². The van der Waals surface area contributed by atoms with Crippen molar-refractivity contribution in [2.24, 2.45) is 0 Å². The molecule has 55 heavy (non-hydrogen) atoms. The number of nitrogens with one attached hydrogen (secondary N) is 6. The van der Waals surface area contributed by atoms with Crippen LogP contribution in [0.3, 0.4) is 0 Å². The normalized spacial score (nSPS) is 14.4. The summed E-state index contributed by atoms with van der Waals surface area (Å²) in [6, 6.07) is -2.93. The van der Waals surface area contributed by atoms with Crippen molar-refractivity contribution >= 4 is 70.9 Å². The average molecular weight is 777 g/mol. The summed E-state index contributed by atoms with van der Waals surface area (Å²) in [5, 5.41) is 13.6. The van der Waals surface area contributed by atoms with Crippen molar-refractivity contribution in [3.8, 4) is 0 Å². The molecule has 0 bridgehead atoms. The summed E-state index contributed by atoms with van der Waals surface area (Å²) in [6.07, 6.45) is 2.65. The largest absolute Gasteiger partial charge is 0.378 e. The van der Waals surface area contributed by atoms with Crippen molar-refractivity contribution in [1.29, 1.82) is 0 Å². The Morgan fingerprint density at radius 3 is 1.22 bits per heavy atom. The molecule has 300 valence electrons. The lowest BCUT2D eigenvalue weighted by Gasteiger charge is -2.18. The molecule has 0 aromatic heterocycles. The van der Waals surface area contributed by atoms with Gasteiger partial charge in [0.15, 0.2) is 0 Å². The third-order valence-electron chi connectivity index (χ3n) is 7.35. The number of nitrogens with zero attached hydrogens (tertiary/aromatic N) is 2. The Kier molecular flexibility index (Phi) is 19.2. The summed E-state index contributed by atoms with van der Waals surface area (Å²) in [5.41, 5.74) is 0. The molecule has 0 spiro atoms. The van der Waals surface area contributed by atoms with E-state index in [9.17, 15) is 57.5 Å². The van der Waals surface area contributed by atoms with Gasteiger partial charge in [0.1, 0.15) is 12.1 Å². The maximum atomic E-state index is 12.6. The first-order chi connectivity index (χ1) is 26.1. The van der Waals surface area contributed by atoms with Crippen LogP contribution in [0.5, 0.6) is 0 Å². The van der Waals surface area contributed by atoms with Crippen LogP contribution in [0.25, 0.3) is 0 Å². The van der Waals surface area contributed by atoms with Crippen molar-refractivity contribution in [3.63, 3.8) is 0 Å². The van der Waals surface area contributed by atoms with E-state index in [1.165, 1.54) is 0 Å². The van der Waals surface area contributed by atoms with Gasteiger partial charge in [-0.05, 0) is 6.42 Å². The van der Waals surface area contributed by atoms with Gasteiger partial charge in [-0.3, -0.25) is 78.0 Å². The Bertz CT molecular complexity index is 1440. The van der Waals surface area contributed by atoms with E-state index in [-0.39, 0.29) is 71.9 Å². The first-order valence-corrected chi connectivity index (χ1v) is 17.0. The van der Waals surface area contributed by atoms with Crippen molar-refractivity contribution < 1.29 is 67.0 Å². The lowest BCUT2D eigenvalue weighted by atomic mass is 10.1. The third-order valence-corrected chi connectivity index (χ3v) is 7.35. The second-order valence-corrected chi connectivity index (χ2v) is 11.8. The second kappa shape index (κ2) is 23.5. The molecule has 22 nitrogen and oxygen atoms in total. The SMILES string of the molecule is CC(=O)NC(=O)C(CC(=O)NCCOCCN1C(=O)C=CC1=O)NC(=O)CCCC(=O)NC(CC(=O)NCCOCCN1C(=O)C=CC1=O)C(=O)NC(C)=O. The molecule has 2 aliphatic rings. The molecular formula is C33H44N8O14. The Balaban J connectivity index is 1.76. The lowest BCUT2D eigenvalue weighted by molar-refractivity contribution is -0.139. The fourth-order valence-electron chi connectivity index (χ4n) is 4.74. The minimum absolute atomic E-state index is 0.00185. The molecule has 2 unspecified atom stereocenters. The molecule has 2 rings (SSSR count). The van der Waals surface area contributed by atoms with E-state index >= 15 is 0 Å². The van der Waals surface area contributed by atoms with E-state index < -0.39 is 95.8 Å². The molecule has 2 heterocycles. The van der Waals surface area contributed by atoms with Gasteiger partial charge in [-0.25, -0.2) is 0 Å². The zero-order valence-electron chi connectivity index (χ0n) is 30.3. The van der Waals surface area contributed by atoms with Crippen LogP contribution < -0.4 is 31.9 Å². The van der Waals surface area contributed by atoms with Crippen molar-refractivity contribution in [3.05, 3.63) is 24.3 Å². The molecule has 0 aromatic rings. The first kappa shape index (κ1) is 45.0. The van der Waals surface area contributed by atoms with Gasteiger partial charge in [0.25, 0.3) is 23.6 Å². The summed E-state index contributed by atoms with van der Waals surface area (Å²) >= 11 is 0. The van der Waals surface area contributed by atoms with Crippen LogP contribution in [-0.4, -0.2) is 145 Å². The molecule has 12 amide bonds. The van der Waals surface area contributed by atoms with Crippen LogP contribution in [0, 0.1) is 0 Å². The molecule has 0 saturated heterocycles. The van der Waals surface area contributed by atoms with Gasteiger partial charge in [0.05, 0.1) is 52.4 Å². The van der Waals surface area contributed by atoms with Gasteiger partial charge in [0.2, 0.25) is 47.3 Å². The fourth-order valence-corrected chi connectivity index (χ4v) is 4.74. The van der Waals surface area contributed by atoms with E-state index in [1.807, 2.05) is 10.6 Å². The number of carbonyl (C=O) groups excluding carboxylic acids is 12. The lowest BCUT2D eigenvalue weighted by Crippen LogP contribution is -2.50. The molecule has 22 heteroatoms. The Morgan fingerprint density at radius 2 is 0.891 bits per heavy atom. The average Bonchev–Trinajstić information content (AvgIpc) is 3.60. The zero-order chi connectivity index (χ0) is 40.9. The first-order valence-electron chi connectivity index (χ1n) is 17.0. The Hall–Kier alpha value is -6.16. The topological polar surface area (TPSA) is 302 Å². The summed E-state index contributed by atoms with van der Waals surface area (Å²) in [4.78, 5) is 146. The van der Waals surface area contributed by atoms with Crippen LogP contribution in [0.2, 0.25) is 0 Å². The van der Waals surface area contributed by atoms with E-state index in [4.69, 9.17) is 9.47 Å². The highest BCUT2D eigenvalue weighted by atomic mass is 16.5.